The molecular formula is C16H14N2O2S. The lowest BCUT2D eigenvalue weighted by Crippen LogP contribution is -2.20. The molecule has 0 aliphatic heterocycles. The van der Waals surface area contributed by atoms with Gasteiger partial charge in [-0.2, -0.15) is 0 Å². The number of thiophene rings is 1. The largest absolute Gasteiger partial charge is 0.482 e. The van der Waals surface area contributed by atoms with Crippen LogP contribution in [0.1, 0.15) is 0 Å². The van der Waals surface area contributed by atoms with Crippen molar-refractivity contribution in [2.45, 2.75) is 0 Å². The molecule has 0 spiro atoms. The fraction of sp³-hybridized carbons (Fsp3) is 0.0625. The molecule has 0 saturated heterocycles. The maximum absolute atomic E-state index is 11.9. The van der Waals surface area contributed by atoms with Crippen LogP contribution >= 0.6 is 11.3 Å². The van der Waals surface area contributed by atoms with Crippen LogP contribution in [0.25, 0.3) is 10.1 Å². The number of nitrogens with two attached hydrogens (primary N) is 1. The Morgan fingerprint density at radius 3 is 2.90 bits per heavy atom. The fourth-order valence-corrected chi connectivity index (χ4v) is 2.77. The van der Waals surface area contributed by atoms with E-state index >= 15 is 0 Å². The highest BCUT2D eigenvalue weighted by atomic mass is 32.1. The molecule has 1 heterocycles. The van der Waals surface area contributed by atoms with Crippen LogP contribution in [0.15, 0.2) is 53.9 Å². The highest BCUT2D eigenvalue weighted by molar-refractivity contribution is 7.17. The molecular weight excluding hydrogens is 284 g/mol. The van der Waals surface area contributed by atoms with Gasteiger partial charge in [0.15, 0.2) is 6.61 Å². The number of nitrogens with one attached hydrogen (secondary N) is 1. The van der Waals surface area contributed by atoms with Gasteiger partial charge in [-0.1, -0.05) is 12.1 Å². The summed E-state index contributed by atoms with van der Waals surface area (Å²) in [6.07, 6.45) is 0. The van der Waals surface area contributed by atoms with E-state index in [0.717, 1.165) is 11.1 Å². The average molecular weight is 298 g/mol. The summed E-state index contributed by atoms with van der Waals surface area (Å²) in [4.78, 5) is 11.9. The van der Waals surface area contributed by atoms with Crippen molar-refractivity contribution in [2.24, 2.45) is 0 Å². The zero-order chi connectivity index (χ0) is 14.7. The molecule has 0 unspecified atom stereocenters. The maximum atomic E-state index is 11.9. The summed E-state index contributed by atoms with van der Waals surface area (Å²) in [5.41, 5.74) is 7.03. The van der Waals surface area contributed by atoms with E-state index in [9.17, 15) is 4.79 Å². The van der Waals surface area contributed by atoms with Gasteiger partial charge in [-0.3, -0.25) is 4.79 Å². The van der Waals surface area contributed by atoms with Crippen LogP contribution in [0.5, 0.6) is 5.75 Å². The zero-order valence-electron chi connectivity index (χ0n) is 11.2. The third-order valence-corrected chi connectivity index (χ3v) is 3.91. The number of hydrogen-bond donors (Lipinski definition) is 2. The molecule has 0 radical (unpaired) electrons. The first-order valence-corrected chi connectivity index (χ1v) is 7.35. The second kappa shape index (κ2) is 5.85. The Morgan fingerprint density at radius 1 is 1.19 bits per heavy atom. The lowest BCUT2D eigenvalue weighted by atomic mass is 10.2. The van der Waals surface area contributed by atoms with Gasteiger partial charge in [-0.15, -0.1) is 11.3 Å². The minimum atomic E-state index is -0.215. The first-order valence-electron chi connectivity index (χ1n) is 6.47. The number of ether oxygens (including phenoxy) is 1. The zero-order valence-corrected chi connectivity index (χ0v) is 12.0. The van der Waals surface area contributed by atoms with Gasteiger partial charge >= 0.3 is 0 Å². The topological polar surface area (TPSA) is 64.3 Å². The second-order valence-corrected chi connectivity index (χ2v) is 5.50. The summed E-state index contributed by atoms with van der Waals surface area (Å²) in [6.45, 7) is -0.0735. The normalized spacial score (nSPS) is 10.5. The molecule has 0 fully saturated rings. The van der Waals surface area contributed by atoms with E-state index < -0.39 is 0 Å². The summed E-state index contributed by atoms with van der Waals surface area (Å²) in [7, 11) is 0. The lowest BCUT2D eigenvalue weighted by molar-refractivity contribution is -0.118. The predicted molar refractivity (Wildman–Crippen MR) is 86.8 cm³/mol. The molecule has 1 amide bonds. The van der Waals surface area contributed by atoms with Crippen LogP contribution in [-0.2, 0) is 4.79 Å². The van der Waals surface area contributed by atoms with Crippen molar-refractivity contribution in [3.05, 3.63) is 53.9 Å². The Hall–Kier alpha value is -2.53. The fourth-order valence-electron chi connectivity index (χ4n) is 2.00. The van der Waals surface area contributed by atoms with Crippen LogP contribution in [-0.4, -0.2) is 12.5 Å². The second-order valence-electron chi connectivity index (χ2n) is 4.55. The molecule has 1 aromatic heterocycles. The lowest BCUT2D eigenvalue weighted by Gasteiger charge is -2.09. The van der Waals surface area contributed by atoms with Gasteiger partial charge in [0.05, 0.1) is 5.69 Å². The van der Waals surface area contributed by atoms with E-state index in [0.29, 0.717) is 11.4 Å². The molecule has 2 aromatic carbocycles. The van der Waals surface area contributed by atoms with Crippen molar-refractivity contribution < 1.29 is 9.53 Å². The number of carbonyl (C=O) groups is 1. The number of nitrogen functional groups attached to an aromatic ring is 1. The number of amides is 1. The number of benzene rings is 2. The third kappa shape index (κ3) is 3.14. The summed E-state index contributed by atoms with van der Waals surface area (Å²) >= 11 is 1.67. The molecule has 0 bridgehead atoms. The molecule has 106 valence electrons. The Morgan fingerprint density at radius 2 is 2.05 bits per heavy atom. The first kappa shape index (κ1) is 13.5. The van der Waals surface area contributed by atoms with E-state index in [-0.39, 0.29) is 12.5 Å². The maximum Gasteiger partial charge on any atom is 0.262 e. The van der Waals surface area contributed by atoms with E-state index in [1.807, 2.05) is 41.8 Å². The third-order valence-electron chi connectivity index (χ3n) is 3.01. The van der Waals surface area contributed by atoms with Crippen LogP contribution in [0, 0.1) is 0 Å². The molecule has 0 aliphatic rings. The van der Waals surface area contributed by atoms with E-state index in [2.05, 4.69) is 5.32 Å². The quantitative estimate of drug-likeness (QED) is 0.725. The van der Waals surface area contributed by atoms with Gasteiger partial charge in [0.1, 0.15) is 5.75 Å². The van der Waals surface area contributed by atoms with Crippen LogP contribution < -0.4 is 15.8 Å². The van der Waals surface area contributed by atoms with Crippen molar-refractivity contribution >= 4 is 38.7 Å². The molecule has 3 rings (SSSR count). The van der Waals surface area contributed by atoms with Crippen LogP contribution in [0.4, 0.5) is 11.4 Å². The minimum Gasteiger partial charge on any atom is -0.482 e. The summed E-state index contributed by atoms with van der Waals surface area (Å²) < 4.78 is 6.60. The molecule has 3 aromatic rings. The summed E-state index contributed by atoms with van der Waals surface area (Å²) in [5, 5.41) is 5.96. The molecule has 4 nitrogen and oxygen atoms in total. The number of fused-ring (bicyclic) bond motifs is 1. The molecule has 0 aliphatic carbocycles. The van der Waals surface area contributed by atoms with Crippen molar-refractivity contribution in [2.75, 3.05) is 17.7 Å². The van der Waals surface area contributed by atoms with Crippen molar-refractivity contribution in [1.29, 1.82) is 0 Å². The minimum absolute atomic E-state index is 0.0735. The van der Waals surface area contributed by atoms with E-state index in [4.69, 9.17) is 10.5 Å². The smallest absolute Gasteiger partial charge is 0.262 e. The predicted octanol–water partition coefficient (Wildman–Crippen LogP) is 3.50. The Bertz CT molecular complexity index is 783. The molecule has 3 N–H and O–H groups in total. The molecule has 5 heteroatoms. The SMILES string of the molecule is Nc1ccccc1OCC(=O)Nc1ccc2sccc2c1. The first-order chi connectivity index (χ1) is 10.2. The monoisotopic (exact) mass is 298 g/mol. The van der Waals surface area contributed by atoms with Crippen LogP contribution in [0.3, 0.4) is 0 Å². The van der Waals surface area contributed by atoms with Gasteiger partial charge in [0.25, 0.3) is 5.91 Å². The van der Waals surface area contributed by atoms with Gasteiger partial charge < -0.3 is 15.8 Å². The number of rotatable bonds is 4. The molecule has 0 atom stereocenters. The Labute approximate surface area is 126 Å². The molecule has 21 heavy (non-hydrogen) atoms. The van der Waals surface area contributed by atoms with Crippen molar-refractivity contribution in [3.63, 3.8) is 0 Å². The Kier molecular flexibility index (Phi) is 3.75. The summed E-state index contributed by atoms with van der Waals surface area (Å²) in [5.74, 6) is 0.300. The standard InChI is InChI=1S/C16H14N2O2S/c17-13-3-1-2-4-14(13)20-10-16(19)18-12-5-6-15-11(9-12)7-8-21-15/h1-9H,10,17H2,(H,18,19). The van der Waals surface area contributed by atoms with Crippen molar-refractivity contribution in [3.8, 4) is 5.75 Å². The van der Waals surface area contributed by atoms with Crippen molar-refractivity contribution in [1.82, 2.24) is 0 Å². The number of carbonyl (C=O) groups excluding carboxylic acids is 1. The van der Waals surface area contributed by atoms with Gasteiger partial charge in [0, 0.05) is 10.4 Å². The number of para-hydroxylation sites is 2. The average Bonchev–Trinajstić information content (AvgIpc) is 2.94. The number of hydrogen-bond acceptors (Lipinski definition) is 4. The highest BCUT2D eigenvalue weighted by Gasteiger charge is 2.06. The van der Waals surface area contributed by atoms with Gasteiger partial charge in [0.2, 0.25) is 0 Å². The van der Waals surface area contributed by atoms with Gasteiger partial charge in [-0.05, 0) is 47.2 Å². The van der Waals surface area contributed by atoms with E-state index in [1.54, 1.807) is 23.5 Å². The number of anilines is 2. The highest BCUT2D eigenvalue weighted by Crippen LogP contribution is 2.24. The van der Waals surface area contributed by atoms with Crippen LogP contribution in [0.2, 0.25) is 0 Å². The molecule has 0 saturated carbocycles. The summed E-state index contributed by atoms with van der Waals surface area (Å²) in [6, 6.07) is 14.9. The van der Waals surface area contributed by atoms with Gasteiger partial charge in [-0.25, -0.2) is 0 Å². The van der Waals surface area contributed by atoms with E-state index in [1.165, 1.54) is 4.70 Å². The Balaban J connectivity index is 1.62.